The van der Waals surface area contributed by atoms with E-state index in [4.69, 9.17) is 7.85 Å². The van der Waals surface area contributed by atoms with Crippen LogP contribution in [0.4, 0.5) is 0 Å². The highest BCUT2D eigenvalue weighted by atomic mass is 127. The van der Waals surface area contributed by atoms with Crippen molar-refractivity contribution in [3.05, 3.63) is 0 Å². The van der Waals surface area contributed by atoms with Gasteiger partial charge in [-0.1, -0.05) is 55.1 Å². The summed E-state index contributed by atoms with van der Waals surface area (Å²) < 4.78 is 0.416. The summed E-state index contributed by atoms with van der Waals surface area (Å²) >= 11 is 2.56. The highest BCUT2D eigenvalue weighted by molar-refractivity contribution is 14.1. The molecule has 2 heteroatoms. The maximum absolute atomic E-state index is 6.11. The standard InChI is InChI=1S/C9H16BI/c1-7-4-5-8(2,10)6-9(7,3)11/h7H,4-6H2,1-3H3/t7-,8?,9?/m1/s1. The van der Waals surface area contributed by atoms with Gasteiger partial charge in [-0.15, -0.1) is 0 Å². The molecule has 0 amide bonds. The van der Waals surface area contributed by atoms with Crippen LogP contribution in [0.25, 0.3) is 0 Å². The SMILES string of the molecule is [B]C1(C)CC[C@@H](C)C(C)(I)C1. The first-order chi connectivity index (χ1) is 4.83. The van der Waals surface area contributed by atoms with E-state index < -0.39 is 0 Å². The second-order valence-electron chi connectivity index (χ2n) is 4.55. The maximum Gasteiger partial charge on any atom is 0.0743 e. The van der Waals surface area contributed by atoms with E-state index in [2.05, 4.69) is 43.4 Å². The summed E-state index contributed by atoms with van der Waals surface area (Å²) in [7, 11) is 6.11. The van der Waals surface area contributed by atoms with E-state index in [1.807, 2.05) is 0 Å². The van der Waals surface area contributed by atoms with Crippen LogP contribution >= 0.6 is 22.6 Å². The van der Waals surface area contributed by atoms with Gasteiger partial charge >= 0.3 is 0 Å². The molecular weight excluding hydrogens is 246 g/mol. The molecule has 0 heterocycles. The fourth-order valence-corrected chi connectivity index (χ4v) is 3.08. The Labute approximate surface area is 85.1 Å². The van der Waals surface area contributed by atoms with Gasteiger partial charge in [-0.3, -0.25) is 0 Å². The van der Waals surface area contributed by atoms with Gasteiger partial charge in [-0.05, 0) is 18.8 Å². The fourth-order valence-electron chi connectivity index (χ4n) is 1.90. The molecule has 0 bridgehead atoms. The molecule has 0 spiro atoms. The molecule has 2 radical (unpaired) electrons. The van der Waals surface area contributed by atoms with Gasteiger partial charge in [0.2, 0.25) is 0 Å². The molecule has 3 atom stereocenters. The molecule has 1 aliphatic carbocycles. The first-order valence-corrected chi connectivity index (χ1v) is 5.39. The molecule has 0 aromatic heterocycles. The number of halogens is 1. The van der Waals surface area contributed by atoms with Crippen molar-refractivity contribution in [2.45, 2.75) is 48.8 Å². The molecule has 1 aliphatic rings. The molecule has 0 aliphatic heterocycles. The van der Waals surface area contributed by atoms with Gasteiger partial charge in [0, 0.05) is 3.42 Å². The molecule has 0 aromatic carbocycles. The Morgan fingerprint density at radius 1 is 1.45 bits per heavy atom. The van der Waals surface area contributed by atoms with E-state index in [-0.39, 0.29) is 5.31 Å². The molecule has 62 valence electrons. The summed E-state index contributed by atoms with van der Waals surface area (Å²) in [5, 5.41) is 0.0858. The Morgan fingerprint density at radius 2 is 2.00 bits per heavy atom. The molecular formula is C9H16BI. The zero-order chi connectivity index (χ0) is 8.70. The lowest BCUT2D eigenvalue weighted by Crippen LogP contribution is -2.35. The van der Waals surface area contributed by atoms with Gasteiger partial charge in [0.15, 0.2) is 0 Å². The third kappa shape index (κ3) is 2.36. The molecule has 0 saturated heterocycles. The highest BCUT2D eigenvalue weighted by Gasteiger charge is 2.38. The number of alkyl halides is 1. The lowest BCUT2D eigenvalue weighted by atomic mass is 9.57. The Kier molecular flexibility index (Phi) is 2.63. The third-order valence-electron chi connectivity index (χ3n) is 2.93. The third-order valence-corrected chi connectivity index (χ3v) is 4.37. The van der Waals surface area contributed by atoms with Crippen LogP contribution in [0.1, 0.15) is 40.0 Å². The normalized spacial score (nSPS) is 52.5. The predicted molar refractivity (Wildman–Crippen MR) is 59.6 cm³/mol. The van der Waals surface area contributed by atoms with Crippen molar-refractivity contribution in [1.82, 2.24) is 0 Å². The second kappa shape index (κ2) is 2.93. The van der Waals surface area contributed by atoms with Gasteiger partial charge < -0.3 is 0 Å². The van der Waals surface area contributed by atoms with Crippen LogP contribution in [0.15, 0.2) is 0 Å². The Bertz CT molecular complexity index is 152. The number of hydrogen-bond acceptors (Lipinski definition) is 0. The van der Waals surface area contributed by atoms with E-state index in [0.29, 0.717) is 3.42 Å². The Morgan fingerprint density at radius 3 is 2.36 bits per heavy atom. The molecule has 0 aromatic rings. The van der Waals surface area contributed by atoms with Crippen LogP contribution in [0.2, 0.25) is 5.31 Å². The van der Waals surface area contributed by atoms with Crippen molar-refractivity contribution in [2.24, 2.45) is 5.92 Å². The van der Waals surface area contributed by atoms with Gasteiger partial charge in [-0.2, -0.15) is 0 Å². The first kappa shape index (κ1) is 9.88. The Hall–Kier alpha value is 0.795. The van der Waals surface area contributed by atoms with Crippen LogP contribution in [0.3, 0.4) is 0 Å². The highest BCUT2D eigenvalue weighted by Crippen LogP contribution is 2.51. The zero-order valence-electron chi connectivity index (χ0n) is 7.65. The van der Waals surface area contributed by atoms with Crippen LogP contribution in [0.5, 0.6) is 0 Å². The molecule has 0 nitrogen and oxygen atoms in total. The number of rotatable bonds is 0. The minimum absolute atomic E-state index is 0.0858. The minimum Gasteiger partial charge on any atom is -0.0789 e. The lowest BCUT2D eigenvalue weighted by Gasteiger charge is -2.44. The summed E-state index contributed by atoms with van der Waals surface area (Å²) in [5.74, 6) is 0.819. The summed E-state index contributed by atoms with van der Waals surface area (Å²) in [5.41, 5.74) is 0. The van der Waals surface area contributed by atoms with Crippen LogP contribution < -0.4 is 0 Å². The lowest BCUT2D eigenvalue weighted by molar-refractivity contribution is 0.275. The van der Waals surface area contributed by atoms with Crippen molar-refractivity contribution < 1.29 is 0 Å². The first-order valence-electron chi connectivity index (χ1n) is 4.31. The van der Waals surface area contributed by atoms with Gasteiger partial charge in [0.05, 0.1) is 7.85 Å². The Balaban J connectivity index is 2.67. The molecule has 1 rings (SSSR count). The average Bonchev–Trinajstić information content (AvgIpc) is 1.77. The van der Waals surface area contributed by atoms with Crippen molar-refractivity contribution in [2.75, 3.05) is 0 Å². The van der Waals surface area contributed by atoms with E-state index >= 15 is 0 Å². The summed E-state index contributed by atoms with van der Waals surface area (Å²) in [6, 6.07) is 0. The van der Waals surface area contributed by atoms with Gasteiger partial charge in [0.1, 0.15) is 0 Å². The zero-order valence-corrected chi connectivity index (χ0v) is 9.81. The van der Waals surface area contributed by atoms with Gasteiger partial charge in [-0.25, -0.2) is 0 Å². The van der Waals surface area contributed by atoms with E-state index in [1.54, 1.807) is 0 Å². The van der Waals surface area contributed by atoms with Crippen molar-refractivity contribution in [3.63, 3.8) is 0 Å². The quantitative estimate of drug-likeness (QED) is 0.356. The van der Waals surface area contributed by atoms with Crippen molar-refractivity contribution in [3.8, 4) is 0 Å². The predicted octanol–water partition coefficient (Wildman–Crippen LogP) is 3.35. The molecule has 1 fully saturated rings. The topological polar surface area (TPSA) is 0 Å². The summed E-state index contributed by atoms with van der Waals surface area (Å²) in [6.07, 6.45) is 3.63. The molecule has 2 unspecified atom stereocenters. The van der Waals surface area contributed by atoms with Crippen LogP contribution in [0, 0.1) is 5.92 Å². The average molecular weight is 262 g/mol. The minimum atomic E-state index is 0.0858. The van der Waals surface area contributed by atoms with Gasteiger partial charge in [0.25, 0.3) is 0 Å². The molecule has 1 saturated carbocycles. The summed E-state index contributed by atoms with van der Waals surface area (Å²) in [4.78, 5) is 0. The largest absolute Gasteiger partial charge is 0.0789 e. The molecule has 11 heavy (non-hydrogen) atoms. The van der Waals surface area contributed by atoms with Crippen molar-refractivity contribution >= 4 is 30.4 Å². The smallest absolute Gasteiger partial charge is 0.0743 e. The van der Waals surface area contributed by atoms with E-state index in [1.165, 1.54) is 12.8 Å². The summed E-state index contributed by atoms with van der Waals surface area (Å²) in [6.45, 7) is 6.83. The van der Waals surface area contributed by atoms with E-state index in [0.717, 1.165) is 12.3 Å². The monoisotopic (exact) mass is 262 g/mol. The molecule has 0 N–H and O–H groups in total. The maximum atomic E-state index is 6.11. The van der Waals surface area contributed by atoms with Crippen LogP contribution in [-0.4, -0.2) is 11.3 Å². The van der Waals surface area contributed by atoms with Crippen LogP contribution in [-0.2, 0) is 0 Å². The second-order valence-corrected chi connectivity index (χ2v) is 7.01. The van der Waals surface area contributed by atoms with E-state index in [9.17, 15) is 0 Å². The van der Waals surface area contributed by atoms with Crippen molar-refractivity contribution in [1.29, 1.82) is 0 Å². The fraction of sp³-hybridized carbons (Fsp3) is 1.00. The number of hydrogen-bond donors (Lipinski definition) is 0.